The Balaban J connectivity index is 1.59. The molecule has 0 aliphatic carbocycles. The molecule has 8 heteroatoms. The van der Waals surface area contributed by atoms with Crippen molar-refractivity contribution in [3.8, 4) is 11.4 Å². The molecule has 4 rings (SSSR count). The van der Waals surface area contributed by atoms with Gasteiger partial charge in [0.15, 0.2) is 16.8 Å². The number of nitrogens with zero attached hydrogens (tertiary/aromatic N) is 3. The molecular formula is C21H15Cl2N3O2S. The van der Waals surface area contributed by atoms with Crippen LogP contribution in [0.25, 0.3) is 11.4 Å². The molecule has 2 aromatic heterocycles. The van der Waals surface area contributed by atoms with Gasteiger partial charge in [0.05, 0.1) is 18.6 Å². The Morgan fingerprint density at radius 3 is 2.31 bits per heavy atom. The van der Waals surface area contributed by atoms with E-state index < -0.39 is 0 Å². The summed E-state index contributed by atoms with van der Waals surface area (Å²) in [6.45, 7) is 0.454. The summed E-state index contributed by atoms with van der Waals surface area (Å²) in [5.41, 5.74) is 1.49. The summed E-state index contributed by atoms with van der Waals surface area (Å²) in [4.78, 5) is 12.5. The van der Waals surface area contributed by atoms with E-state index in [4.69, 9.17) is 27.6 Å². The molecule has 0 N–H and O–H groups in total. The van der Waals surface area contributed by atoms with Crippen molar-refractivity contribution < 1.29 is 9.21 Å². The van der Waals surface area contributed by atoms with Gasteiger partial charge in [0.2, 0.25) is 0 Å². The zero-order valence-electron chi connectivity index (χ0n) is 15.1. The molecule has 0 unspecified atom stereocenters. The van der Waals surface area contributed by atoms with Crippen LogP contribution in [0.15, 0.2) is 76.5 Å². The normalized spacial score (nSPS) is 11.0. The zero-order chi connectivity index (χ0) is 20.2. The molecule has 0 radical (unpaired) electrons. The molecule has 2 aromatic carbocycles. The second-order valence-electron chi connectivity index (χ2n) is 6.20. The number of Topliss-reactive ketones (excluding diaryl/α,β-unsaturated/α-hetero) is 1. The Morgan fingerprint density at radius 1 is 0.966 bits per heavy atom. The fourth-order valence-corrected chi connectivity index (χ4v) is 3.84. The van der Waals surface area contributed by atoms with Gasteiger partial charge in [-0.2, -0.15) is 0 Å². The number of carbonyl (C=O) groups is 1. The lowest BCUT2D eigenvalue weighted by Crippen LogP contribution is -2.06. The Labute approximate surface area is 181 Å². The number of aromatic nitrogens is 3. The van der Waals surface area contributed by atoms with Crippen molar-refractivity contribution in [2.75, 3.05) is 5.75 Å². The Morgan fingerprint density at radius 2 is 1.66 bits per heavy atom. The lowest BCUT2D eigenvalue weighted by molar-refractivity contribution is 0.102. The van der Waals surface area contributed by atoms with Crippen LogP contribution in [0.1, 0.15) is 16.1 Å². The molecule has 0 bridgehead atoms. The van der Waals surface area contributed by atoms with Gasteiger partial charge in [-0.1, -0.05) is 35.0 Å². The molecule has 0 saturated carbocycles. The van der Waals surface area contributed by atoms with Crippen LogP contribution in [-0.4, -0.2) is 26.3 Å². The molecular weight excluding hydrogens is 429 g/mol. The summed E-state index contributed by atoms with van der Waals surface area (Å²) >= 11 is 13.2. The number of benzene rings is 2. The predicted octanol–water partition coefficient (Wildman–Crippen LogP) is 5.87. The summed E-state index contributed by atoms with van der Waals surface area (Å²) in [6.07, 6.45) is 1.62. The summed E-state index contributed by atoms with van der Waals surface area (Å²) in [5, 5.41) is 10.5. The van der Waals surface area contributed by atoms with Crippen LogP contribution in [0, 0.1) is 0 Å². The van der Waals surface area contributed by atoms with Crippen LogP contribution in [0.4, 0.5) is 0 Å². The molecule has 0 aliphatic heterocycles. The lowest BCUT2D eigenvalue weighted by Gasteiger charge is -2.09. The van der Waals surface area contributed by atoms with Crippen molar-refractivity contribution in [2.24, 2.45) is 0 Å². The van der Waals surface area contributed by atoms with Gasteiger partial charge in [-0.25, -0.2) is 0 Å². The number of carbonyl (C=O) groups excluding carboxylic acids is 1. The monoisotopic (exact) mass is 443 g/mol. The van der Waals surface area contributed by atoms with Crippen LogP contribution in [0.3, 0.4) is 0 Å². The third-order valence-corrected chi connectivity index (χ3v) is 5.68. The van der Waals surface area contributed by atoms with Gasteiger partial charge in [0, 0.05) is 21.2 Å². The summed E-state index contributed by atoms with van der Waals surface area (Å²) in [5.74, 6) is 1.68. The highest BCUT2D eigenvalue weighted by atomic mass is 35.5. The van der Waals surface area contributed by atoms with Crippen LogP contribution < -0.4 is 0 Å². The molecule has 4 aromatic rings. The van der Waals surface area contributed by atoms with Crippen molar-refractivity contribution in [1.82, 2.24) is 14.8 Å². The molecule has 0 fully saturated rings. The van der Waals surface area contributed by atoms with Gasteiger partial charge < -0.3 is 4.42 Å². The van der Waals surface area contributed by atoms with E-state index in [1.807, 2.05) is 28.8 Å². The quantitative estimate of drug-likeness (QED) is 0.264. The molecule has 29 heavy (non-hydrogen) atoms. The smallest absolute Gasteiger partial charge is 0.192 e. The number of hydrogen-bond acceptors (Lipinski definition) is 5. The number of rotatable bonds is 7. The first-order valence-corrected chi connectivity index (χ1v) is 10.5. The first-order chi connectivity index (χ1) is 14.1. The summed E-state index contributed by atoms with van der Waals surface area (Å²) in [7, 11) is 0. The summed E-state index contributed by atoms with van der Waals surface area (Å²) < 4.78 is 7.42. The van der Waals surface area contributed by atoms with Crippen molar-refractivity contribution in [3.05, 3.63) is 88.3 Å². The number of ketones is 1. The van der Waals surface area contributed by atoms with Crippen molar-refractivity contribution >= 4 is 40.7 Å². The highest BCUT2D eigenvalue weighted by Crippen LogP contribution is 2.27. The number of hydrogen-bond donors (Lipinski definition) is 0. The fraction of sp³-hybridized carbons (Fsp3) is 0.0952. The molecule has 5 nitrogen and oxygen atoms in total. The van der Waals surface area contributed by atoms with Crippen molar-refractivity contribution in [2.45, 2.75) is 11.7 Å². The van der Waals surface area contributed by atoms with Crippen LogP contribution >= 0.6 is 35.0 Å². The Kier molecular flexibility index (Phi) is 6.04. The highest BCUT2D eigenvalue weighted by molar-refractivity contribution is 7.99. The van der Waals surface area contributed by atoms with Crippen LogP contribution in [-0.2, 0) is 6.54 Å². The number of furan rings is 1. The summed E-state index contributed by atoms with van der Waals surface area (Å²) in [6, 6.07) is 18.0. The predicted molar refractivity (Wildman–Crippen MR) is 115 cm³/mol. The standard InChI is InChI=1S/C21H15Cl2N3O2S/c22-16-7-3-14(4-8-16)19(27)13-29-21-25-24-20(15-5-9-17(23)10-6-15)26(21)12-18-2-1-11-28-18/h1-11H,12-13H2. The average molecular weight is 444 g/mol. The van der Waals surface area contributed by atoms with Gasteiger partial charge in [-0.3, -0.25) is 9.36 Å². The maximum Gasteiger partial charge on any atom is 0.192 e. The van der Waals surface area contributed by atoms with E-state index in [1.165, 1.54) is 11.8 Å². The van der Waals surface area contributed by atoms with Gasteiger partial charge in [-0.15, -0.1) is 10.2 Å². The van der Waals surface area contributed by atoms with Crippen LogP contribution in [0.5, 0.6) is 0 Å². The van der Waals surface area contributed by atoms with Gasteiger partial charge >= 0.3 is 0 Å². The molecule has 0 atom stereocenters. The molecule has 146 valence electrons. The van der Waals surface area contributed by atoms with Crippen molar-refractivity contribution in [3.63, 3.8) is 0 Å². The first kappa shape index (κ1) is 19.8. The number of halogens is 2. The maximum absolute atomic E-state index is 12.5. The van der Waals surface area contributed by atoms with E-state index in [0.717, 1.165) is 11.3 Å². The van der Waals surface area contributed by atoms with Gasteiger partial charge in [0.1, 0.15) is 5.76 Å². The van der Waals surface area contributed by atoms with E-state index in [1.54, 1.807) is 42.7 Å². The highest BCUT2D eigenvalue weighted by Gasteiger charge is 2.17. The minimum atomic E-state index is -0.00717. The number of thioether (sulfide) groups is 1. The third-order valence-electron chi connectivity index (χ3n) is 4.21. The lowest BCUT2D eigenvalue weighted by atomic mass is 10.1. The minimum absolute atomic E-state index is 0.00717. The van der Waals surface area contributed by atoms with Gasteiger partial charge in [-0.05, 0) is 60.7 Å². The zero-order valence-corrected chi connectivity index (χ0v) is 17.4. The molecule has 0 saturated heterocycles. The molecule has 0 spiro atoms. The van der Waals surface area contributed by atoms with E-state index in [9.17, 15) is 4.79 Å². The largest absolute Gasteiger partial charge is 0.467 e. The van der Waals surface area contributed by atoms with E-state index >= 15 is 0 Å². The molecule has 0 amide bonds. The SMILES string of the molecule is O=C(CSc1nnc(-c2ccc(Cl)cc2)n1Cc1ccco1)c1ccc(Cl)cc1. The van der Waals surface area contributed by atoms with E-state index in [0.29, 0.717) is 33.1 Å². The first-order valence-electron chi connectivity index (χ1n) is 8.73. The third kappa shape index (κ3) is 4.72. The second-order valence-corrected chi connectivity index (χ2v) is 8.01. The average Bonchev–Trinajstić information content (AvgIpc) is 3.38. The van der Waals surface area contributed by atoms with E-state index in [2.05, 4.69) is 10.2 Å². The van der Waals surface area contributed by atoms with Gasteiger partial charge in [0.25, 0.3) is 0 Å². The fourth-order valence-electron chi connectivity index (χ4n) is 2.76. The topological polar surface area (TPSA) is 60.9 Å². The molecule has 2 heterocycles. The van der Waals surface area contributed by atoms with Crippen molar-refractivity contribution in [1.29, 1.82) is 0 Å². The second kappa shape index (κ2) is 8.86. The van der Waals surface area contributed by atoms with E-state index in [-0.39, 0.29) is 11.5 Å². The minimum Gasteiger partial charge on any atom is -0.467 e. The molecule has 0 aliphatic rings. The van der Waals surface area contributed by atoms with Crippen LogP contribution in [0.2, 0.25) is 10.0 Å². The maximum atomic E-state index is 12.5. The Hall–Kier alpha value is -2.54. The Bertz CT molecular complexity index is 1110.